The predicted molar refractivity (Wildman–Crippen MR) is 117 cm³/mol. The third-order valence-electron chi connectivity index (χ3n) is 4.27. The molecule has 0 unspecified atom stereocenters. The number of rotatable bonds is 7. The molecule has 0 saturated carbocycles. The van der Waals surface area contributed by atoms with Crippen LogP contribution in [0.25, 0.3) is 0 Å². The predicted octanol–water partition coefficient (Wildman–Crippen LogP) is 6.49. The summed E-state index contributed by atoms with van der Waals surface area (Å²) in [6, 6.07) is 25.1. The molecule has 0 atom stereocenters. The highest BCUT2D eigenvalue weighted by molar-refractivity contribution is 5.96. The van der Waals surface area contributed by atoms with Crippen LogP contribution in [-0.4, -0.2) is 13.0 Å². The lowest BCUT2D eigenvalue weighted by Gasteiger charge is -2.12. The molecule has 0 spiro atoms. The molecule has 29 heavy (non-hydrogen) atoms. The standard InChI is InChI=1S/C25H25NO3/c1-4-20(18-28-23-16-14-22(27-3)15-17-23)25(29-24-8-6-5-7-9-24)26-21-12-10-19(2)11-13-21/h5-18H,4H2,1-3H3/b20-18+,26-25?. The molecule has 0 radical (unpaired) electrons. The second-order valence-corrected chi connectivity index (χ2v) is 6.46. The normalized spacial score (nSPS) is 11.8. The van der Waals surface area contributed by atoms with Gasteiger partial charge in [0.25, 0.3) is 0 Å². The average Bonchev–Trinajstić information content (AvgIpc) is 2.77. The van der Waals surface area contributed by atoms with E-state index < -0.39 is 0 Å². The van der Waals surface area contributed by atoms with Crippen LogP contribution >= 0.6 is 0 Å². The Morgan fingerprint density at radius 2 is 1.48 bits per heavy atom. The first-order chi connectivity index (χ1) is 14.2. The first-order valence-corrected chi connectivity index (χ1v) is 9.56. The zero-order valence-electron chi connectivity index (χ0n) is 17.0. The summed E-state index contributed by atoms with van der Waals surface area (Å²) in [5.74, 6) is 2.73. The molecule has 0 bridgehead atoms. The zero-order valence-corrected chi connectivity index (χ0v) is 17.0. The van der Waals surface area contributed by atoms with Crippen LogP contribution in [0.5, 0.6) is 17.2 Å². The molecule has 0 saturated heterocycles. The molecule has 0 amide bonds. The van der Waals surface area contributed by atoms with E-state index in [-0.39, 0.29) is 0 Å². The molecule has 3 aromatic carbocycles. The molecule has 0 fully saturated rings. The van der Waals surface area contributed by atoms with Crippen LogP contribution in [0.4, 0.5) is 5.69 Å². The zero-order chi connectivity index (χ0) is 20.5. The van der Waals surface area contributed by atoms with E-state index in [2.05, 4.69) is 6.92 Å². The number of nitrogens with zero attached hydrogens (tertiary/aromatic N) is 1. The summed E-state index contributed by atoms with van der Waals surface area (Å²) in [6.45, 7) is 4.09. The van der Waals surface area contributed by atoms with Crippen LogP contribution in [0.15, 0.2) is 95.7 Å². The Morgan fingerprint density at radius 1 is 0.828 bits per heavy atom. The lowest BCUT2D eigenvalue weighted by atomic mass is 10.2. The maximum Gasteiger partial charge on any atom is 0.226 e. The van der Waals surface area contributed by atoms with Crippen molar-refractivity contribution in [3.05, 3.63) is 96.3 Å². The van der Waals surface area contributed by atoms with Gasteiger partial charge in [0.05, 0.1) is 19.1 Å². The smallest absolute Gasteiger partial charge is 0.226 e. The van der Waals surface area contributed by atoms with Crippen molar-refractivity contribution in [3.8, 4) is 17.2 Å². The van der Waals surface area contributed by atoms with Crippen LogP contribution in [0.2, 0.25) is 0 Å². The monoisotopic (exact) mass is 387 g/mol. The maximum absolute atomic E-state index is 6.11. The summed E-state index contributed by atoms with van der Waals surface area (Å²) in [6.07, 6.45) is 2.39. The molecule has 4 nitrogen and oxygen atoms in total. The fourth-order valence-electron chi connectivity index (χ4n) is 2.58. The minimum absolute atomic E-state index is 0.510. The van der Waals surface area contributed by atoms with E-state index in [1.807, 2.05) is 85.8 Å². The second-order valence-electron chi connectivity index (χ2n) is 6.46. The van der Waals surface area contributed by atoms with Gasteiger partial charge in [-0.05, 0) is 61.9 Å². The topological polar surface area (TPSA) is 40.0 Å². The number of methoxy groups -OCH3 is 1. The summed E-state index contributed by atoms with van der Waals surface area (Å²) in [4.78, 5) is 4.73. The molecule has 0 aliphatic rings. The Bertz CT molecular complexity index is 959. The van der Waals surface area contributed by atoms with Crippen molar-refractivity contribution >= 4 is 11.6 Å². The van der Waals surface area contributed by atoms with Crippen molar-refractivity contribution in [1.29, 1.82) is 0 Å². The number of benzene rings is 3. The van der Waals surface area contributed by atoms with Gasteiger partial charge in [-0.2, -0.15) is 0 Å². The van der Waals surface area contributed by atoms with Crippen molar-refractivity contribution in [2.45, 2.75) is 20.3 Å². The van der Waals surface area contributed by atoms with Crippen LogP contribution in [0.3, 0.4) is 0 Å². The first-order valence-electron chi connectivity index (χ1n) is 9.56. The van der Waals surface area contributed by atoms with Gasteiger partial charge in [-0.25, -0.2) is 4.99 Å². The lowest BCUT2D eigenvalue weighted by Crippen LogP contribution is -2.12. The maximum atomic E-state index is 6.11. The summed E-state index contributed by atoms with van der Waals surface area (Å²) < 4.78 is 17.1. The van der Waals surface area contributed by atoms with E-state index in [0.717, 1.165) is 22.8 Å². The van der Waals surface area contributed by atoms with E-state index in [0.29, 0.717) is 18.1 Å². The van der Waals surface area contributed by atoms with Crippen LogP contribution in [-0.2, 0) is 0 Å². The van der Waals surface area contributed by atoms with E-state index in [1.54, 1.807) is 13.4 Å². The largest absolute Gasteiger partial charge is 0.497 e. The van der Waals surface area contributed by atoms with Crippen LogP contribution < -0.4 is 14.2 Å². The summed E-state index contributed by atoms with van der Waals surface area (Å²) in [7, 11) is 1.64. The van der Waals surface area contributed by atoms with E-state index in [9.17, 15) is 0 Å². The number of para-hydroxylation sites is 1. The van der Waals surface area contributed by atoms with Crippen LogP contribution in [0, 0.1) is 6.92 Å². The highest BCUT2D eigenvalue weighted by Gasteiger charge is 2.11. The van der Waals surface area contributed by atoms with Crippen molar-refractivity contribution in [3.63, 3.8) is 0 Å². The summed E-state index contributed by atoms with van der Waals surface area (Å²) >= 11 is 0. The van der Waals surface area contributed by atoms with E-state index in [1.165, 1.54) is 5.56 Å². The highest BCUT2D eigenvalue weighted by Crippen LogP contribution is 2.21. The molecule has 0 aliphatic heterocycles. The van der Waals surface area contributed by atoms with Gasteiger partial charge in [-0.1, -0.05) is 42.8 Å². The van der Waals surface area contributed by atoms with Gasteiger partial charge >= 0.3 is 0 Å². The minimum Gasteiger partial charge on any atom is -0.497 e. The van der Waals surface area contributed by atoms with Gasteiger partial charge in [-0.3, -0.25) is 0 Å². The van der Waals surface area contributed by atoms with Gasteiger partial charge in [0, 0.05) is 5.57 Å². The van der Waals surface area contributed by atoms with E-state index in [4.69, 9.17) is 19.2 Å². The van der Waals surface area contributed by atoms with Crippen LogP contribution in [0.1, 0.15) is 18.9 Å². The SMILES string of the molecule is CC/C(=C\Oc1ccc(OC)cc1)C(=Nc1ccc(C)cc1)Oc1ccccc1. The molecule has 148 valence electrons. The number of aryl methyl sites for hydroxylation is 1. The van der Waals surface area contributed by atoms with Crippen molar-refractivity contribution in [2.24, 2.45) is 4.99 Å². The molecule has 0 aliphatic carbocycles. The quantitative estimate of drug-likeness (QED) is 0.264. The Hall–Kier alpha value is -3.53. The molecule has 4 heteroatoms. The van der Waals surface area contributed by atoms with Gasteiger partial charge in [0.1, 0.15) is 17.2 Å². The molecule has 0 aromatic heterocycles. The summed E-state index contributed by atoms with van der Waals surface area (Å²) in [5.41, 5.74) is 2.86. The number of aliphatic imine (C=N–C) groups is 1. The third-order valence-corrected chi connectivity index (χ3v) is 4.27. The molecule has 3 rings (SSSR count). The minimum atomic E-state index is 0.510. The fourth-order valence-corrected chi connectivity index (χ4v) is 2.58. The van der Waals surface area contributed by atoms with E-state index >= 15 is 0 Å². The first kappa shape index (κ1) is 20.2. The van der Waals surface area contributed by atoms with Crippen molar-refractivity contribution in [2.75, 3.05) is 7.11 Å². The molecular formula is C25H25NO3. The molecule has 3 aromatic rings. The number of hydrogen-bond acceptors (Lipinski definition) is 4. The average molecular weight is 387 g/mol. The third kappa shape index (κ3) is 5.98. The van der Waals surface area contributed by atoms with Gasteiger partial charge in [0.15, 0.2) is 0 Å². The van der Waals surface area contributed by atoms with Gasteiger partial charge < -0.3 is 14.2 Å². The Labute approximate surface area is 172 Å². The highest BCUT2D eigenvalue weighted by atomic mass is 16.5. The lowest BCUT2D eigenvalue weighted by molar-refractivity contribution is 0.412. The van der Waals surface area contributed by atoms with Crippen molar-refractivity contribution in [1.82, 2.24) is 0 Å². The Balaban J connectivity index is 1.89. The van der Waals surface area contributed by atoms with Gasteiger partial charge in [-0.15, -0.1) is 0 Å². The number of hydrogen-bond donors (Lipinski definition) is 0. The fraction of sp³-hybridized carbons (Fsp3) is 0.160. The molecule has 0 heterocycles. The number of ether oxygens (including phenoxy) is 3. The molecule has 0 N–H and O–H groups in total. The Morgan fingerprint density at radius 3 is 2.10 bits per heavy atom. The summed E-state index contributed by atoms with van der Waals surface area (Å²) in [5, 5.41) is 0. The van der Waals surface area contributed by atoms with Crippen molar-refractivity contribution < 1.29 is 14.2 Å². The second kappa shape index (κ2) is 10.1. The van der Waals surface area contributed by atoms with Gasteiger partial charge in [0.2, 0.25) is 5.90 Å². The molecular weight excluding hydrogens is 362 g/mol. The Kier molecular flexibility index (Phi) is 7.06.